The Morgan fingerprint density at radius 1 is 1.00 bits per heavy atom. The number of nitrogens with zero attached hydrogens (tertiary/aromatic N) is 1. The largest absolute Gasteiger partial charge is 0.454 e. The van der Waals surface area contributed by atoms with Crippen LogP contribution >= 0.6 is 0 Å². The van der Waals surface area contributed by atoms with Crippen LogP contribution in [0.5, 0.6) is 0 Å². The predicted molar refractivity (Wildman–Crippen MR) is 135 cm³/mol. The van der Waals surface area contributed by atoms with Crippen molar-refractivity contribution in [3.8, 4) is 0 Å². The molecule has 0 spiro atoms. The molecule has 0 saturated heterocycles. The van der Waals surface area contributed by atoms with Crippen molar-refractivity contribution in [2.45, 2.75) is 45.3 Å². The van der Waals surface area contributed by atoms with Gasteiger partial charge in [-0.25, -0.2) is 9.78 Å². The Morgan fingerprint density at radius 2 is 1.69 bits per heavy atom. The molecule has 0 radical (unpaired) electrons. The molecule has 1 amide bonds. The topological polar surface area (TPSA) is 107 Å². The van der Waals surface area contributed by atoms with Crippen molar-refractivity contribution in [2.75, 3.05) is 5.32 Å². The van der Waals surface area contributed by atoms with Crippen LogP contribution in [0.15, 0.2) is 77.2 Å². The van der Waals surface area contributed by atoms with Crippen LogP contribution in [0.2, 0.25) is 0 Å². The number of esters is 1. The lowest BCUT2D eigenvalue weighted by Gasteiger charge is -2.18. The number of amides is 1. The van der Waals surface area contributed by atoms with E-state index >= 15 is 0 Å². The zero-order chi connectivity index (χ0) is 25.0. The van der Waals surface area contributed by atoms with E-state index in [1.165, 1.54) is 0 Å². The first-order valence-electron chi connectivity index (χ1n) is 11.5. The molecule has 0 saturated carbocycles. The number of carbonyl (C=O) groups is 2. The standard InChI is InChI=1S/C28H29N3O4/c1-28(2,3)35-27(33)24-23(25(32)30-21-15-14-19-11-7-8-12-20(19)17-21)31-26(34-24)22(29)16-13-18-9-5-4-6-10-18/h4-12,14-15,17,22H,13,16,29H2,1-3H3,(H,30,32)/t22-/m1/s1. The molecule has 4 rings (SSSR count). The number of hydrogen-bond acceptors (Lipinski definition) is 6. The van der Waals surface area contributed by atoms with Crippen molar-refractivity contribution in [1.29, 1.82) is 0 Å². The van der Waals surface area contributed by atoms with E-state index in [-0.39, 0.29) is 17.3 Å². The maximum absolute atomic E-state index is 13.2. The molecule has 0 fully saturated rings. The summed E-state index contributed by atoms with van der Waals surface area (Å²) in [5.41, 5.74) is 7.09. The van der Waals surface area contributed by atoms with E-state index in [1.54, 1.807) is 26.8 Å². The Kier molecular flexibility index (Phi) is 6.98. The van der Waals surface area contributed by atoms with Crippen molar-refractivity contribution in [1.82, 2.24) is 4.98 Å². The zero-order valence-corrected chi connectivity index (χ0v) is 20.1. The van der Waals surface area contributed by atoms with Gasteiger partial charge in [0, 0.05) is 5.69 Å². The minimum atomic E-state index is -0.772. The monoisotopic (exact) mass is 471 g/mol. The molecule has 7 nitrogen and oxygen atoms in total. The summed E-state index contributed by atoms with van der Waals surface area (Å²) in [4.78, 5) is 30.4. The molecule has 3 aromatic carbocycles. The second kappa shape index (κ2) is 10.1. The van der Waals surface area contributed by atoms with Crippen LogP contribution in [0.25, 0.3) is 10.8 Å². The molecule has 1 heterocycles. The molecule has 0 bridgehead atoms. The second-order valence-corrected chi connectivity index (χ2v) is 9.38. The lowest BCUT2D eigenvalue weighted by molar-refractivity contribution is 0.00319. The highest BCUT2D eigenvalue weighted by atomic mass is 16.6. The third kappa shape index (κ3) is 6.13. The van der Waals surface area contributed by atoms with Gasteiger partial charge in [0.1, 0.15) is 5.60 Å². The molecule has 180 valence electrons. The number of aromatic nitrogens is 1. The third-order valence-electron chi connectivity index (χ3n) is 5.35. The summed E-state index contributed by atoms with van der Waals surface area (Å²) >= 11 is 0. The number of rotatable bonds is 7. The number of fused-ring (bicyclic) bond motifs is 1. The number of oxazole rings is 1. The summed E-state index contributed by atoms with van der Waals surface area (Å²) in [6.07, 6.45) is 1.23. The maximum Gasteiger partial charge on any atom is 0.377 e. The Labute approximate surface area is 204 Å². The van der Waals surface area contributed by atoms with Crippen molar-refractivity contribution >= 4 is 28.3 Å². The van der Waals surface area contributed by atoms with Crippen molar-refractivity contribution in [2.24, 2.45) is 5.73 Å². The fourth-order valence-electron chi connectivity index (χ4n) is 3.66. The first-order valence-corrected chi connectivity index (χ1v) is 11.5. The quantitative estimate of drug-likeness (QED) is 0.336. The van der Waals surface area contributed by atoms with E-state index in [2.05, 4.69) is 10.3 Å². The SMILES string of the molecule is CC(C)(C)OC(=O)c1oc([C@H](N)CCc2ccccc2)nc1C(=O)Nc1ccc2ccccc2c1. The maximum atomic E-state index is 13.2. The molecule has 0 unspecified atom stereocenters. The smallest absolute Gasteiger partial charge is 0.377 e. The van der Waals surface area contributed by atoms with Crippen LogP contribution in [0.3, 0.4) is 0 Å². The van der Waals surface area contributed by atoms with Gasteiger partial charge in [0.25, 0.3) is 5.91 Å². The molecular formula is C28H29N3O4. The summed E-state index contributed by atoms with van der Waals surface area (Å²) in [6.45, 7) is 5.22. The van der Waals surface area contributed by atoms with Gasteiger partial charge in [0.15, 0.2) is 5.69 Å². The number of benzene rings is 3. The minimum Gasteiger partial charge on any atom is -0.454 e. The van der Waals surface area contributed by atoms with Gasteiger partial charge in [-0.15, -0.1) is 0 Å². The van der Waals surface area contributed by atoms with E-state index in [9.17, 15) is 9.59 Å². The van der Waals surface area contributed by atoms with E-state index in [4.69, 9.17) is 14.9 Å². The van der Waals surface area contributed by atoms with E-state index in [0.29, 0.717) is 18.5 Å². The first-order chi connectivity index (χ1) is 16.7. The van der Waals surface area contributed by atoms with Crippen LogP contribution in [0, 0.1) is 0 Å². The molecule has 1 atom stereocenters. The number of aryl methyl sites for hydroxylation is 1. The molecule has 3 N–H and O–H groups in total. The zero-order valence-electron chi connectivity index (χ0n) is 20.1. The first kappa shape index (κ1) is 24.2. The van der Waals surface area contributed by atoms with Crippen LogP contribution in [-0.2, 0) is 11.2 Å². The third-order valence-corrected chi connectivity index (χ3v) is 5.35. The lowest BCUT2D eigenvalue weighted by Crippen LogP contribution is -2.25. The Hall–Kier alpha value is -3.97. The van der Waals surface area contributed by atoms with Crippen LogP contribution < -0.4 is 11.1 Å². The fraction of sp³-hybridized carbons (Fsp3) is 0.250. The van der Waals surface area contributed by atoms with Gasteiger partial charge in [-0.1, -0.05) is 60.7 Å². The summed E-state index contributed by atoms with van der Waals surface area (Å²) in [7, 11) is 0. The van der Waals surface area contributed by atoms with Crippen molar-refractivity contribution < 1.29 is 18.7 Å². The summed E-state index contributed by atoms with van der Waals surface area (Å²) in [5.74, 6) is -1.49. The van der Waals surface area contributed by atoms with Crippen molar-refractivity contribution in [3.63, 3.8) is 0 Å². The van der Waals surface area contributed by atoms with Gasteiger partial charge in [0.05, 0.1) is 6.04 Å². The van der Waals surface area contributed by atoms with Gasteiger partial charge in [-0.2, -0.15) is 0 Å². The molecular weight excluding hydrogens is 442 g/mol. The molecule has 0 aliphatic rings. The van der Waals surface area contributed by atoms with Gasteiger partial charge in [0.2, 0.25) is 11.7 Å². The molecule has 7 heteroatoms. The van der Waals surface area contributed by atoms with E-state index in [0.717, 1.165) is 16.3 Å². The van der Waals surface area contributed by atoms with Gasteiger partial charge < -0.3 is 20.2 Å². The highest BCUT2D eigenvalue weighted by Crippen LogP contribution is 2.24. The second-order valence-electron chi connectivity index (χ2n) is 9.38. The normalized spacial score (nSPS) is 12.3. The van der Waals surface area contributed by atoms with Crippen LogP contribution in [-0.4, -0.2) is 22.5 Å². The summed E-state index contributed by atoms with van der Waals surface area (Å²) in [5, 5.41) is 4.83. The molecule has 1 aromatic heterocycles. The highest BCUT2D eigenvalue weighted by molar-refractivity contribution is 6.09. The van der Waals surface area contributed by atoms with Gasteiger partial charge in [-0.05, 0) is 62.1 Å². The van der Waals surface area contributed by atoms with Crippen LogP contribution in [0.4, 0.5) is 5.69 Å². The number of nitrogens with one attached hydrogen (secondary N) is 1. The minimum absolute atomic E-state index is 0.116. The average molecular weight is 472 g/mol. The number of hydrogen-bond donors (Lipinski definition) is 2. The predicted octanol–water partition coefficient (Wildman–Crippen LogP) is 5.67. The Balaban J connectivity index is 1.59. The lowest BCUT2D eigenvalue weighted by atomic mass is 10.1. The molecule has 4 aromatic rings. The number of ether oxygens (including phenoxy) is 1. The summed E-state index contributed by atoms with van der Waals surface area (Å²) in [6, 6.07) is 22.7. The average Bonchev–Trinajstić information content (AvgIpc) is 3.28. The Morgan fingerprint density at radius 3 is 2.40 bits per heavy atom. The van der Waals surface area contributed by atoms with E-state index < -0.39 is 23.5 Å². The Bertz CT molecular complexity index is 1340. The number of carbonyl (C=O) groups excluding carboxylic acids is 2. The molecule has 0 aliphatic carbocycles. The van der Waals surface area contributed by atoms with E-state index in [1.807, 2.05) is 66.7 Å². The molecule has 0 aliphatic heterocycles. The number of anilines is 1. The van der Waals surface area contributed by atoms with Gasteiger partial charge >= 0.3 is 5.97 Å². The van der Waals surface area contributed by atoms with Crippen molar-refractivity contribution in [3.05, 3.63) is 95.7 Å². The molecule has 35 heavy (non-hydrogen) atoms. The van der Waals surface area contributed by atoms with Crippen LogP contribution in [0.1, 0.15) is 65.7 Å². The van der Waals surface area contributed by atoms with Gasteiger partial charge in [-0.3, -0.25) is 4.79 Å². The fourth-order valence-corrected chi connectivity index (χ4v) is 3.66. The number of nitrogens with two attached hydrogens (primary N) is 1. The highest BCUT2D eigenvalue weighted by Gasteiger charge is 2.31. The summed E-state index contributed by atoms with van der Waals surface area (Å²) < 4.78 is 11.2.